The molecule has 228 valence electrons. The van der Waals surface area contributed by atoms with Crippen LogP contribution < -0.4 is 20.0 Å². The maximum absolute atomic E-state index is 15.1. The molecule has 1 aliphatic heterocycles. The molecule has 0 bridgehead atoms. The number of nitrogens with zero attached hydrogens (tertiary/aromatic N) is 4. The minimum atomic E-state index is -4.59. The molecule has 0 saturated heterocycles. The summed E-state index contributed by atoms with van der Waals surface area (Å²) >= 11 is 7.11. The number of ether oxygens (including phenoxy) is 1. The molecule has 0 saturated carbocycles. The van der Waals surface area contributed by atoms with Gasteiger partial charge >= 0.3 is 6.18 Å². The zero-order chi connectivity index (χ0) is 31.0. The van der Waals surface area contributed by atoms with Gasteiger partial charge in [0.25, 0.3) is 8.32 Å². The molecule has 0 radical (unpaired) electrons. The summed E-state index contributed by atoms with van der Waals surface area (Å²) in [5.41, 5.74) is -0.235. The number of thioether (sulfide) groups is 1. The molecule has 0 amide bonds. The van der Waals surface area contributed by atoms with Crippen molar-refractivity contribution in [2.75, 3.05) is 30.9 Å². The Morgan fingerprint density at radius 2 is 1.60 bits per heavy atom. The highest BCUT2D eigenvalue weighted by Crippen LogP contribution is 2.41. The predicted molar refractivity (Wildman–Crippen MR) is 165 cm³/mol. The second kappa shape index (κ2) is 12.2. The van der Waals surface area contributed by atoms with E-state index in [0.29, 0.717) is 0 Å². The van der Waals surface area contributed by atoms with Gasteiger partial charge in [-0.3, -0.25) is 0 Å². The van der Waals surface area contributed by atoms with E-state index in [1.807, 2.05) is 36.4 Å². The standard InChI is InChI=1S/C30H31ClF4N4O2SSi/c1-29(2,3)43(20-11-7-5-8-12-20,21-13-9-6-10-14-21)41-16-15-19-17-40-27-22-24(23(32)25(31)37-27)36-28(42-4)38-26(22)39(19)18-30(33,34)35/h5-14,19H,15-18H2,1-4H3/t19-/m0/s1. The van der Waals surface area contributed by atoms with Crippen molar-refractivity contribution >= 4 is 58.8 Å². The third-order valence-electron chi connectivity index (χ3n) is 7.52. The van der Waals surface area contributed by atoms with E-state index in [-0.39, 0.29) is 52.4 Å². The lowest BCUT2D eigenvalue weighted by Gasteiger charge is -2.43. The molecule has 0 aliphatic carbocycles. The third kappa shape index (κ3) is 6.20. The van der Waals surface area contributed by atoms with Crippen LogP contribution in [0.1, 0.15) is 27.2 Å². The summed E-state index contributed by atoms with van der Waals surface area (Å²) in [5, 5.41) is 1.38. The van der Waals surface area contributed by atoms with Crippen molar-refractivity contribution in [3.63, 3.8) is 0 Å². The Morgan fingerprint density at radius 1 is 1.00 bits per heavy atom. The van der Waals surface area contributed by atoms with Crippen molar-refractivity contribution in [3.05, 3.63) is 71.6 Å². The van der Waals surface area contributed by atoms with Gasteiger partial charge in [-0.25, -0.2) is 14.4 Å². The summed E-state index contributed by atoms with van der Waals surface area (Å²) in [6, 6.07) is 19.2. The molecular formula is C30H31ClF4N4O2SSi. The first-order chi connectivity index (χ1) is 20.4. The first kappa shape index (κ1) is 31.5. The molecule has 5 rings (SSSR count). The fourth-order valence-corrected chi connectivity index (χ4v) is 10.8. The van der Waals surface area contributed by atoms with Crippen LogP contribution in [0.15, 0.2) is 65.8 Å². The second-order valence-corrected chi connectivity index (χ2v) is 16.7. The summed E-state index contributed by atoms with van der Waals surface area (Å²) in [6.07, 6.45) is -2.76. The quantitative estimate of drug-likeness (QED) is 0.0697. The Balaban J connectivity index is 1.56. The van der Waals surface area contributed by atoms with Gasteiger partial charge in [-0.2, -0.15) is 18.2 Å². The van der Waals surface area contributed by atoms with Gasteiger partial charge in [0.1, 0.15) is 29.9 Å². The van der Waals surface area contributed by atoms with Crippen LogP contribution in [-0.4, -0.2) is 61.5 Å². The minimum Gasteiger partial charge on any atom is -0.475 e. The maximum Gasteiger partial charge on any atom is 0.405 e. The molecule has 0 unspecified atom stereocenters. The molecule has 0 spiro atoms. The van der Waals surface area contributed by atoms with E-state index in [1.165, 1.54) is 0 Å². The van der Waals surface area contributed by atoms with E-state index in [4.69, 9.17) is 20.8 Å². The Morgan fingerprint density at radius 3 is 2.14 bits per heavy atom. The molecule has 2 aromatic carbocycles. The van der Waals surface area contributed by atoms with Gasteiger partial charge in [-0.1, -0.05) is 105 Å². The van der Waals surface area contributed by atoms with E-state index < -0.39 is 38.1 Å². The molecule has 0 N–H and O–H groups in total. The van der Waals surface area contributed by atoms with Crippen molar-refractivity contribution in [3.8, 4) is 5.88 Å². The van der Waals surface area contributed by atoms with Crippen LogP contribution >= 0.6 is 23.4 Å². The molecule has 13 heteroatoms. The molecule has 0 fully saturated rings. The number of halogens is 5. The highest BCUT2D eigenvalue weighted by Gasteiger charge is 2.50. The molecule has 4 aromatic rings. The number of aromatic nitrogens is 3. The number of anilines is 1. The summed E-state index contributed by atoms with van der Waals surface area (Å²) in [5.74, 6) is -1.15. The Bertz CT molecular complexity index is 1550. The Hall–Kier alpha value is -2.93. The average molecular weight is 651 g/mol. The topological polar surface area (TPSA) is 60.4 Å². The van der Waals surface area contributed by atoms with Crippen molar-refractivity contribution < 1.29 is 26.7 Å². The first-order valence-corrected chi connectivity index (χ1v) is 17.2. The molecule has 2 aromatic heterocycles. The van der Waals surface area contributed by atoms with E-state index >= 15 is 4.39 Å². The number of hydrogen-bond donors (Lipinski definition) is 0. The number of hydrogen-bond acceptors (Lipinski definition) is 7. The fourth-order valence-electron chi connectivity index (χ4n) is 5.66. The van der Waals surface area contributed by atoms with Gasteiger partial charge in [-0.05, 0) is 28.1 Å². The number of pyridine rings is 1. The minimum absolute atomic E-state index is 0.0423. The smallest absolute Gasteiger partial charge is 0.405 e. The molecule has 3 heterocycles. The average Bonchev–Trinajstić information content (AvgIpc) is 3.10. The summed E-state index contributed by atoms with van der Waals surface area (Å²) < 4.78 is 70.2. The highest BCUT2D eigenvalue weighted by atomic mass is 35.5. The normalized spacial score (nSPS) is 15.8. The zero-order valence-electron chi connectivity index (χ0n) is 24.1. The first-order valence-electron chi connectivity index (χ1n) is 13.7. The van der Waals surface area contributed by atoms with Crippen molar-refractivity contribution in [1.29, 1.82) is 0 Å². The monoisotopic (exact) mass is 650 g/mol. The SMILES string of the molecule is CSc1nc2c3c(nc(Cl)c(F)c3n1)OC[C@H](CCO[Si](c1ccccc1)(c1ccccc1)C(C)(C)C)N2CC(F)(F)F. The van der Waals surface area contributed by atoms with Crippen LogP contribution in [0.2, 0.25) is 10.2 Å². The fraction of sp³-hybridized carbons (Fsp3) is 0.367. The summed E-state index contributed by atoms with van der Waals surface area (Å²) in [6.45, 7) is 5.03. The van der Waals surface area contributed by atoms with Gasteiger partial charge < -0.3 is 14.1 Å². The lowest BCUT2D eigenvalue weighted by atomic mass is 10.1. The Kier molecular flexibility index (Phi) is 8.95. The molecule has 1 aliphatic rings. The van der Waals surface area contributed by atoms with E-state index in [1.54, 1.807) is 6.26 Å². The molecule has 1 atom stereocenters. The largest absolute Gasteiger partial charge is 0.475 e. The lowest BCUT2D eigenvalue weighted by Crippen LogP contribution is -2.66. The van der Waals surface area contributed by atoms with Crippen LogP contribution in [-0.2, 0) is 4.43 Å². The predicted octanol–water partition coefficient (Wildman–Crippen LogP) is 6.64. The van der Waals surface area contributed by atoms with Crippen molar-refractivity contribution in [2.45, 2.75) is 49.6 Å². The van der Waals surface area contributed by atoms with Crippen molar-refractivity contribution in [1.82, 2.24) is 15.0 Å². The van der Waals surface area contributed by atoms with Crippen LogP contribution in [0.5, 0.6) is 5.88 Å². The summed E-state index contributed by atoms with van der Waals surface area (Å²) in [7, 11) is -2.95. The molecule has 6 nitrogen and oxygen atoms in total. The number of rotatable bonds is 8. The van der Waals surface area contributed by atoms with Gasteiger partial charge in [0, 0.05) is 6.61 Å². The van der Waals surface area contributed by atoms with Crippen LogP contribution in [0.4, 0.5) is 23.4 Å². The molecule has 43 heavy (non-hydrogen) atoms. The van der Waals surface area contributed by atoms with Crippen LogP contribution in [0.25, 0.3) is 10.9 Å². The number of alkyl halides is 3. The lowest BCUT2D eigenvalue weighted by molar-refractivity contribution is -0.121. The zero-order valence-corrected chi connectivity index (χ0v) is 26.7. The van der Waals surface area contributed by atoms with Crippen LogP contribution in [0, 0.1) is 5.82 Å². The van der Waals surface area contributed by atoms with Gasteiger partial charge in [0.2, 0.25) is 5.88 Å². The third-order valence-corrected chi connectivity index (χ3v) is 13.4. The van der Waals surface area contributed by atoms with Gasteiger partial charge in [-0.15, -0.1) is 0 Å². The van der Waals surface area contributed by atoms with Gasteiger partial charge in [0.15, 0.2) is 16.1 Å². The van der Waals surface area contributed by atoms with E-state index in [9.17, 15) is 13.2 Å². The molecular weight excluding hydrogens is 620 g/mol. The second-order valence-electron chi connectivity index (χ2n) is 11.3. The van der Waals surface area contributed by atoms with Gasteiger partial charge in [0.05, 0.1) is 6.04 Å². The maximum atomic E-state index is 15.1. The summed E-state index contributed by atoms with van der Waals surface area (Å²) in [4.78, 5) is 13.7. The Labute approximate surface area is 257 Å². The van der Waals surface area contributed by atoms with E-state index in [0.717, 1.165) is 27.0 Å². The van der Waals surface area contributed by atoms with Crippen molar-refractivity contribution in [2.24, 2.45) is 0 Å². The van der Waals surface area contributed by atoms with E-state index in [2.05, 4.69) is 60.0 Å². The van der Waals surface area contributed by atoms with Crippen LogP contribution in [0.3, 0.4) is 0 Å². The highest BCUT2D eigenvalue weighted by molar-refractivity contribution is 7.98. The number of benzene rings is 2.